The average molecular weight is 236 g/mol. The number of nitrogens with one attached hydrogen (secondary N) is 1. The van der Waals surface area contributed by atoms with Gasteiger partial charge in [0.15, 0.2) is 0 Å². The van der Waals surface area contributed by atoms with Crippen molar-refractivity contribution in [1.29, 1.82) is 0 Å². The summed E-state index contributed by atoms with van der Waals surface area (Å²) in [6.07, 6.45) is 0.616. The maximum absolute atomic E-state index is 12.2. The fourth-order valence-corrected chi connectivity index (χ4v) is 1.90. The number of hydrogen-bond acceptors (Lipinski definition) is 2. The van der Waals surface area contributed by atoms with Gasteiger partial charge in [0.25, 0.3) is 0 Å². The molecule has 0 bridgehead atoms. The van der Waals surface area contributed by atoms with Crippen molar-refractivity contribution in [2.75, 3.05) is 6.54 Å². The van der Waals surface area contributed by atoms with Gasteiger partial charge in [-0.3, -0.25) is 9.59 Å². The van der Waals surface area contributed by atoms with E-state index in [2.05, 4.69) is 17.2 Å². The van der Waals surface area contributed by atoms with Crippen LogP contribution in [0, 0.1) is 17.8 Å². The molecular weight excluding hydrogens is 216 g/mol. The van der Waals surface area contributed by atoms with Gasteiger partial charge in [0, 0.05) is 13.0 Å². The second kappa shape index (κ2) is 5.72. The highest BCUT2D eigenvalue weighted by Crippen LogP contribution is 2.15. The minimum atomic E-state index is -0.395. The van der Waals surface area contributed by atoms with Gasteiger partial charge in [-0.05, 0) is 19.8 Å². The standard InChI is InChI=1S/C13H20N2O2/c1-5-6-7-8-15-10(4)12(16)14-11(9(2)3)13(15)17/h9-11H,7-8H2,1-4H3,(H,14,16). The Balaban J connectivity index is 2.78. The number of nitrogens with zero attached hydrogens (tertiary/aromatic N) is 1. The minimum Gasteiger partial charge on any atom is -0.342 e. The first-order valence-electron chi connectivity index (χ1n) is 5.99. The minimum absolute atomic E-state index is 0.00463. The summed E-state index contributed by atoms with van der Waals surface area (Å²) in [6.45, 7) is 7.91. The lowest BCUT2D eigenvalue weighted by Gasteiger charge is -2.38. The molecule has 0 aromatic carbocycles. The summed E-state index contributed by atoms with van der Waals surface area (Å²) >= 11 is 0. The molecule has 4 nitrogen and oxygen atoms in total. The monoisotopic (exact) mass is 236 g/mol. The van der Waals surface area contributed by atoms with Crippen LogP contribution in [0.1, 0.15) is 34.1 Å². The molecule has 1 heterocycles. The molecule has 2 atom stereocenters. The van der Waals surface area contributed by atoms with E-state index in [9.17, 15) is 9.59 Å². The van der Waals surface area contributed by atoms with Crippen LogP contribution in [0.25, 0.3) is 0 Å². The van der Waals surface area contributed by atoms with Gasteiger partial charge in [-0.2, -0.15) is 0 Å². The Morgan fingerprint density at radius 1 is 1.41 bits per heavy atom. The van der Waals surface area contributed by atoms with E-state index in [1.54, 1.807) is 18.7 Å². The van der Waals surface area contributed by atoms with E-state index >= 15 is 0 Å². The summed E-state index contributed by atoms with van der Waals surface area (Å²) in [5.41, 5.74) is 0. The highest BCUT2D eigenvalue weighted by atomic mass is 16.2. The summed E-state index contributed by atoms with van der Waals surface area (Å²) < 4.78 is 0. The van der Waals surface area contributed by atoms with E-state index in [0.29, 0.717) is 13.0 Å². The lowest BCUT2D eigenvalue weighted by Crippen LogP contribution is -2.63. The summed E-state index contributed by atoms with van der Waals surface area (Å²) in [4.78, 5) is 25.6. The van der Waals surface area contributed by atoms with Crippen LogP contribution in [0.4, 0.5) is 0 Å². The predicted molar refractivity (Wildman–Crippen MR) is 66.0 cm³/mol. The van der Waals surface area contributed by atoms with Crippen molar-refractivity contribution in [2.24, 2.45) is 5.92 Å². The van der Waals surface area contributed by atoms with Crippen LogP contribution in [-0.4, -0.2) is 35.3 Å². The number of hydrogen-bond donors (Lipinski definition) is 1. The Morgan fingerprint density at radius 3 is 2.59 bits per heavy atom. The van der Waals surface area contributed by atoms with Crippen LogP contribution in [0.5, 0.6) is 0 Å². The molecule has 2 amide bonds. The summed E-state index contributed by atoms with van der Waals surface area (Å²) in [6, 6.07) is -0.788. The fourth-order valence-electron chi connectivity index (χ4n) is 1.90. The van der Waals surface area contributed by atoms with Gasteiger partial charge < -0.3 is 10.2 Å². The molecule has 2 unspecified atom stereocenters. The van der Waals surface area contributed by atoms with Crippen molar-refractivity contribution >= 4 is 11.8 Å². The van der Waals surface area contributed by atoms with E-state index in [1.165, 1.54) is 0 Å². The summed E-state index contributed by atoms with van der Waals surface area (Å²) in [7, 11) is 0. The van der Waals surface area contributed by atoms with Crippen LogP contribution >= 0.6 is 0 Å². The van der Waals surface area contributed by atoms with Gasteiger partial charge >= 0.3 is 0 Å². The van der Waals surface area contributed by atoms with Gasteiger partial charge in [-0.1, -0.05) is 13.8 Å². The topological polar surface area (TPSA) is 49.4 Å². The lowest BCUT2D eigenvalue weighted by atomic mass is 9.98. The molecule has 94 valence electrons. The second-order valence-corrected chi connectivity index (χ2v) is 4.61. The Hall–Kier alpha value is -1.50. The zero-order valence-electron chi connectivity index (χ0n) is 10.9. The molecule has 0 aromatic heterocycles. The first kappa shape index (κ1) is 13.6. The fraction of sp³-hybridized carbons (Fsp3) is 0.692. The average Bonchev–Trinajstić information content (AvgIpc) is 2.28. The molecule has 4 heteroatoms. The van der Waals surface area contributed by atoms with Crippen LogP contribution < -0.4 is 5.32 Å². The molecule has 0 aromatic rings. The third-order valence-electron chi connectivity index (χ3n) is 3.01. The van der Waals surface area contributed by atoms with E-state index in [4.69, 9.17) is 0 Å². The molecular formula is C13H20N2O2. The maximum atomic E-state index is 12.2. The van der Waals surface area contributed by atoms with Crippen molar-refractivity contribution in [2.45, 2.75) is 46.2 Å². The number of carbonyl (C=O) groups excluding carboxylic acids is 2. The Labute approximate surface area is 103 Å². The maximum Gasteiger partial charge on any atom is 0.246 e. The van der Waals surface area contributed by atoms with Crippen LogP contribution in [0.2, 0.25) is 0 Å². The Bertz CT molecular complexity index is 365. The quantitative estimate of drug-likeness (QED) is 0.736. The van der Waals surface area contributed by atoms with Crippen molar-refractivity contribution in [3.63, 3.8) is 0 Å². The van der Waals surface area contributed by atoms with Crippen LogP contribution in [0.3, 0.4) is 0 Å². The molecule has 1 fully saturated rings. The second-order valence-electron chi connectivity index (χ2n) is 4.61. The van der Waals surface area contributed by atoms with Crippen molar-refractivity contribution in [3.05, 3.63) is 0 Å². The third-order valence-corrected chi connectivity index (χ3v) is 3.01. The van der Waals surface area contributed by atoms with Gasteiger partial charge in [-0.25, -0.2) is 0 Å². The molecule has 0 radical (unpaired) electrons. The first-order valence-corrected chi connectivity index (χ1v) is 5.99. The van der Waals surface area contributed by atoms with Gasteiger partial charge in [0.2, 0.25) is 11.8 Å². The van der Waals surface area contributed by atoms with E-state index in [1.807, 2.05) is 13.8 Å². The molecule has 1 aliphatic heterocycles. The molecule has 1 N–H and O–H groups in total. The largest absolute Gasteiger partial charge is 0.342 e. The number of piperazine rings is 1. The number of amides is 2. The molecule has 1 saturated heterocycles. The molecule has 0 aliphatic carbocycles. The Kier molecular flexibility index (Phi) is 4.56. The third kappa shape index (κ3) is 3.00. The summed E-state index contributed by atoms with van der Waals surface area (Å²) in [5.74, 6) is 5.75. The van der Waals surface area contributed by atoms with E-state index < -0.39 is 12.1 Å². The zero-order chi connectivity index (χ0) is 13.0. The predicted octanol–water partition coefficient (Wildman–Crippen LogP) is 0.771. The smallest absolute Gasteiger partial charge is 0.246 e. The number of carbonyl (C=O) groups is 2. The van der Waals surface area contributed by atoms with Gasteiger partial charge in [-0.15, -0.1) is 11.8 Å². The molecule has 17 heavy (non-hydrogen) atoms. The normalized spacial score (nSPS) is 24.4. The lowest BCUT2D eigenvalue weighted by molar-refractivity contribution is -0.149. The molecule has 1 aliphatic rings. The van der Waals surface area contributed by atoms with Crippen LogP contribution in [-0.2, 0) is 9.59 Å². The zero-order valence-corrected chi connectivity index (χ0v) is 10.9. The van der Waals surface area contributed by atoms with E-state index in [-0.39, 0.29) is 17.7 Å². The summed E-state index contributed by atoms with van der Waals surface area (Å²) in [5, 5.41) is 2.77. The SMILES string of the molecule is CC#CCCN1C(=O)C(C(C)C)NC(=O)C1C. The highest BCUT2D eigenvalue weighted by Gasteiger charge is 2.38. The highest BCUT2D eigenvalue weighted by molar-refractivity contribution is 5.96. The van der Waals surface area contributed by atoms with Crippen molar-refractivity contribution in [1.82, 2.24) is 10.2 Å². The van der Waals surface area contributed by atoms with Crippen LogP contribution in [0.15, 0.2) is 0 Å². The van der Waals surface area contributed by atoms with Gasteiger partial charge in [0.05, 0.1) is 0 Å². The van der Waals surface area contributed by atoms with E-state index in [0.717, 1.165) is 0 Å². The molecule has 0 spiro atoms. The first-order chi connectivity index (χ1) is 7.99. The Morgan fingerprint density at radius 2 is 2.06 bits per heavy atom. The van der Waals surface area contributed by atoms with Gasteiger partial charge in [0.1, 0.15) is 12.1 Å². The molecule has 0 saturated carbocycles. The van der Waals surface area contributed by atoms with Crippen molar-refractivity contribution in [3.8, 4) is 11.8 Å². The molecule has 1 rings (SSSR count). The van der Waals surface area contributed by atoms with Crippen molar-refractivity contribution < 1.29 is 9.59 Å². The number of rotatable bonds is 3.